The number of rotatable bonds is 6. The van der Waals surface area contributed by atoms with E-state index in [2.05, 4.69) is 19.9 Å². The lowest BCUT2D eigenvalue weighted by atomic mass is 10.2. The number of non-ortho nitro benzene ring substituents is 1. The molecule has 3 rings (SSSR count). The van der Waals surface area contributed by atoms with Crippen LogP contribution in [-0.4, -0.2) is 33.5 Å². The summed E-state index contributed by atoms with van der Waals surface area (Å²) in [6.07, 6.45) is 2.66. The number of nitrogens with zero attached hydrogens (tertiary/aromatic N) is 5. The van der Waals surface area contributed by atoms with Crippen molar-refractivity contribution in [1.82, 2.24) is 15.0 Å². The first-order chi connectivity index (χ1) is 12.0. The van der Waals surface area contributed by atoms with E-state index in [1.54, 1.807) is 23.5 Å². The van der Waals surface area contributed by atoms with Crippen LogP contribution in [0.25, 0.3) is 11.4 Å². The number of hydrogen-bond acceptors (Lipinski definition) is 7. The van der Waals surface area contributed by atoms with Crippen molar-refractivity contribution in [3.63, 3.8) is 0 Å². The molecule has 0 saturated carbocycles. The van der Waals surface area contributed by atoms with E-state index < -0.39 is 4.92 Å². The molecule has 0 fully saturated rings. The number of hydrogen-bond donors (Lipinski definition) is 0. The monoisotopic (exact) mass is 355 g/mol. The van der Waals surface area contributed by atoms with Gasteiger partial charge in [-0.2, -0.15) is 0 Å². The SMILES string of the molecule is Cc1cc(N(C)CCc2nccs2)nc(-c2ccc([N+](=O)[O-])cc2)n1. The molecule has 128 valence electrons. The first-order valence-electron chi connectivity index (χ1n) is 7.73. The van der Waals surface area contributed by atoms with E-state index in [0.29, 0.717) is 5.82 Å². The molecule has 0 aliphatic carbocycles. The number of likely N-dealkylation sites (N-methyl/N-ethyl adjacent to an activating group) is 1. The molecule has 3 aromatic rings. The Bertz CT molecular complexity index is 865. The van der Waals surface area contributed by atoms with Gasteiger partial charge in [0.1, 0.15) is 5.82 Å². The average Bonchev–Trinajstić information content (AvgIpc) is 3.12. The first kappa shape index (κ1) is 17.0. The Morgan fingerprint density at radius 3 is 2.64 bits per heavy atom. The van der Waals surface area contributed by atoms with Crippen LogP contribution in [-0.2, 0) is 6.42 Å². The zero-order valence-electron chi connectivity index (χ0n) is 13.9. The summed E-state index contributed by atoms with van der Waals surface area (Å²) in [6, 6.07) is 8.20. The topological polar surface area (TPSA) is 85.0 Å². The Balaban J connectivity index is 1.80. The Morgan fingerprint density at radius 2 is 2.00 bits per heavy atom. The summed E-state index contributed by atoms with van der Waals surface area (Å²) in [6.45, 7) is 2.71. The number of benzene rings is 1. The van der Waals surface area contributed by atoms with E-state index in [4.69, 9.17) is 0 Å². The summed E-state index contributed by atoms with van der Waals surface area (Å²) < 4.78 is 0. The number of aromatic nitrogens is 3. The van der Waals surface area contributed by atoms with Gasteiger partial charge in [-0.05, 0) is 19.1 Å². The minimum atomic E-state index is -0.418. The summed E-state index contributed by atoms with van der Waals surface area (Å²) in [5, 5.41) is 13.8. The highest BCUT2D eigenvalue weighted by molar-refractivity contribution is 7.09. The smallest absolute Gasteiger partial charge is 0.269 e. The molecule has 0 amide bonds. The van der Waals surface area contributed by atoms with Crippen LogP contribution in [0, 0.1) is 17.0 Å². The quantitative estimate of drug-likeness (QED) is 0.497. The Morgan fingerprint density at radius 1 is 1.24 bits per heavy atom. The molecule has 0 radical (unpaired) electrons. The molecule has 0 saturated heterocycles. The third-order valence-electron chi connectivity index (χ3n) is 3.71. The molecule has 0 atom stereocenters. The zero-order chi connectivity index (χ0) is 17.8. The molecule has 2 heterocycles. The van der Waals surface area contributed by atoms with Gasteiger partial charge in [0.15, 0.2) is 5.82 Å². The molecule has 0 aliphatic heterocycles. The molecule has 25 heavy (non-hydrogen) atoms. The van der Waals surface area contributed by atoms with Gasteiger partial charge in [0.2, 0.25) is 0 Å². The second-order valence-corrected chi connectivity index (χ2v) is 6.57. The Labute approximate surface area is 149 Å². The molecular formula is C17H17N5O2S. The van der Waals surface area contributed by atoms with Crippen molar-refractivity contribution in [2.24, 2.45) is 0 Å². The predicted octanol–water partition coefficient (Wildman–Crippen LogP) is 3.50. The molecule has 8 heteroatoms. The van der Waals surface area contributed by atoms with Crippen LogP contribution in [0.5, 0.6) is 0 Å². The standard InChI is InChI=1S/C17H17N5O2S/c1-12-11-15(21(2)9-7-16-18-8-10-25-16)20-17(19-12)13-3-5-14(6-4-13)22(23)24/h3-6,8,10-11H,7,9H2,1-2H3. The van der Waals surface area contributed by atoms with Crippen molar-refractivity contribution < 1.29 is 4.92 Å². The van der Waals surface area contributed by atoms with E-state index in [9.17, 15) is 10.1 Å². The van der Waals surface area contributed by atoms with Crippen molar-refractivity contribution in [2.75, 3.05) is 18.5 Å². The number of anilines is 1. The van der Waals surface area contributed by atoms with Gasteiger partial charge < -0.3 is 4.90 Å². The van der Waals surface area contributed by atoms with Gasteiger partial charge in [-0.1, -0.05) is 0 Å². The van der Waals surface area contributed by atoms with E-state index in [1.165, 1.54) is 12.1 Å². The van der Waals surface area contributed by atoms with Crippen molar-refractivity contribution in [1.29, 1.82) is 0 Å². The van der Waals surface area contributed by atoms with Crippen LogP contribution in [0.15, 0.2) is 41.9 Å². The van der Waals surface area contributed by atoms with Crippen molar-refractivity contribution in [3.8, 4) is 11.4 Å². The van der Waals surface area contributed by atoms with Gasteiger partial charge >= 0.3 is 0 Å². The molecule has 7 nitrogen and oxygen atoms in total. The average molecular weight is 355 g/mol. The maximum absolute atomic E-state index is 10.8. The normalized spacial score (nSPS) is 10.6. The van der Waals surface area contributed by atoms with Gasteiger partial charge in [-0.15, -0.1) is 11.3 Å². The molecule has 0 bridgehead atoms. The third-order valence-corrected chi connectivity index (χ3v) is 4.55. The minimum absolute atomic E-state index is 0.0530. The van der Waals surface area contributed by atoms with E-state index in [0.717, 1.165) is 35.0 Å². The van der Waals surface area contributed by atoms with Crippen molar-refractivity contribution >= 4 is 22.8 Å². The van der Waals surface area contributed by atoms with Gasteiger partial charge in [0, 0.05) is 61.0 Å². The third kappa shape index (κ3) is 4.16. The predicted molar refractivity (Wildman–Crippen MR) is 97.9 cm³/mol. The number of nitro groups is 1. The van der Waals surface area contributed by atoms with Gasteiger partial charge in [-0.3, -0.25) is 10.1 Å². The first-order valence-corrected chi connectivity index (χ1v) is 8.61. The molecule has 0 aliphatic rings. The van der Waals surface area contributed by atoms with E-state index in [1.807, 2.05) is 31.6 Å². The second-order valence-electron chi connectivity index (χ2n) is 5.59. The maximum atomic E-state index is 10.8. The molecule has 0 unspecified atom stereocenters. The lowest BCUT2D eigenvalue weighted by molar-refractivity contribution is -0.384. The van der Waals surface area contributed by atoms with Crippen molar-refractivity contribution in [3.05, 3.63) is 62.7 Å². The van der Waals surface area contributed by atoms with Crippen LogP contribution in [0.2, 0.25) is 0 Å². The number of thiazole rings is 1. The summed E-state index contributed by atoms with van der Waals surface area (Å²) >= 11 is 1.64. The number of aryl methyl sites for hydroxylation is 1. The lowest BCUT2D eigenvalue weighted by Gasteiger charge is -2.18. The van der Waals surface area contributed by atoms with Gasteiger partial charge in [0.05, 0.1) is 9.93 Å². The largest absolute Gasteiger partial charge is 0.359 e. The Hall–Kier alpha value is -2.87. The number of nitro benzene ring substituents is 1. The highest BCUT2D eigenvalue weighted by Gasteiger charge is 2.11. The minimum Gasteiger partial charge on any atom is -0.359 e. The fourth-order valence-electron chi connectivity index (χ4n) is 2.36. The van der Waals surface area contributed by atoms with Crippen LogP contribution in [0.3, 0.4) is 0 Å². The molecule has 2 aromatic heterocycles. The van der Waals surface area contributed by atoms with Crippen LogP contribution < -0.4 is 4.90 Å². The van der Waals surface area contributed by atoms with Crippen LogP contribution in [0.4, 0.5) is 11.5 Å². The van der Waals surface area contributed by atoms with Crippen molar-refractivity contribution in [2.45, 2.75) is 13.3 Å². The summed E-state index contributed by atoms with van der Waals surface area (Å²) in [4.78, 5) is 25.8. The van der Waals surface area contributed by atoms with Gasteiger partial charge in [-0.25, -0.2) is 15.0 Å². The summed E-state index contributed by atoms with van der Waals surface area (Å²) in [7, 11) is 1.98. The molecular weight excluding hydrogens is 338 g/mol. The van der Waals surface area contributed by atoms with E-state index in [-0.39, 0.29) is 5.69 Å². The zero-order valence-corrected chi connectivity index (χ0v) is 14.7. The molecule has 0 N–H and O–H groups in total. The highest BCUT2D eigenvalue weighted by atomic mass is 32.1. The summed E-state index contributed by atoms with van der Waals surface area (Å²) in [5.74, 6) is 1.38. The van der Waals surface area contributed by atoms with Crippen LogP contribution >= 0.6 is 11.3 Å². The highest BCUT2D eigenvalue weighted by Crippen LogP contribution is 2.22. The maximum Gasteiger partial charge on any atom is 0.269 e. The fourth-order valence-corrected chi connectivity index (χ4v) is 2.97. The van der Waals surface area contributed by atoms with Crippen LogP contribution in [0.1, 0.15) is 10.7 Å². The van der Waals surface area contributed by atoms with Gasteiger partial charge in [0.25, 0.3) is 5.69 Å². The van der Waals surface area contributed by atoms with E-state index >= 15 is 0 Å². The molecule has 1 aromatic carbocycles. The fraction of sp³-hybridized carbons (Fsp3) is 0.235. The second kappa shape index (κ2) is 7.35. The molecule has 0 spiro atoms. The summed E-state index contributed by atoms with van der Waals surface area (Å²) in [5.41, 5.74) is 1.65. The lowest BCUT2D eigenvalue weighted by Crippen LogP contribution is -2.22. The Kier molecular flexibility index (Phi) is 4.99.